The number of amides is 1. The van der Waals surface area contributed by atoms with Crippen molar-refractivity contribution in [1.82, 2.24) is 0 Å². The van der Waals surface area contributed by atoms with Crippen LogP contribution in [0.5, 0.6) is 11.5 Å². The summed E-state index contributed by atoms with van der Waals surface area (Å²) in [5, 5.41) is 3.17. The van der Waals surface area contributed by atoms with Gasteiger partial charge in [0.1, 0.15) is 11.5 Å². The number of carbonyl (C=O) groups is 1. The summed E-state index contributed by atoms with van der Waals surface area (Å²) in [7, 11) is -1.00. The van der Waals surface area contributed by atoms with Gasteiger partial charge in [-0.15, -0.1) is 0 Å². The molecule has 3 rings (SSSR count). The molecular formula is C21H19ClN2O5S. The first-order valence-corrected chi connectivity index (χ1v) is 10.6. The Hall–Kier alpha value is -3.23. The number of rotatable bonds is 7. The Kier molecular flexibility index (Phi) is 6.49. The second-order valence-electron chi connectivity index (χ2n) is 6.16. The Morgan fingerprint density at radius 2 is 1.67 bits per heavy atom. The summed E-state index contributed by atoms with van der Waals surface area (Å²) in [6, 6.07) is 17.0. The first-order chi connectivity index (χ1) is 14.3. The van der Waals surface area contributed by atoms with Crippen LogP contribution in [0.15, 0.2) is 71.6 Å². The van der Waals surface area contributed by atoms with Crippen LogP contribution in [-0.4, -0.2) is 28.5 Å². The van der Waals surface area contributed by atoms with Gasteiger partial charge in [0.2, 0.25) is 0 Å². The summed E-state index contributed by atoms with van der Waals surface area (Å²) in [6.45, 7) is 0. The van der Waals surface area contributed by atoms with Crippen LogP contribution >= 0.6 is 11.6 Å². The fourth-order valence-corrected chi connectivity index (χ4v) is 3.85. The SMILES string of the molecule is COc1cccc(NS(=O)(=O)c2ccc(OC)c(NC(=O)c3ccc(Cl)cc3)c2)c1. The minimum Gasteiger partial charge on any atom is -0.497 e. The molecule has 0 aliphatic heterocycles. The van der Waals surface area contributed by atoms with Gasteiger partial charge in [-0.05, 0) is 54.6 Å². The lowest BCUT2D eigenvalue weighted by atomic mass is 10.2. The maximum Gasteiger partial charge on any atom is 0.261 e. The molecule has 0 bridgehead atoms. The van der Waals surface area contributed by atoms with Crippen LogP contribution < -0.4 is 19.5 Å². The molecule has 0 aliphatic carbocycles. The highest BCUT2D eigenvalue weighted by atomic mass is 35.5. The molecule has 2 N–H and O–H groups in total. The molecule has 0 saturated heterocycles. The predicted octanol–water partition coefficient (Wildman–Crippen LogP) is 4.41. The van der Waals surface area contributed by atoms with Crippen LogP contribution in [0.3, 0.4) is 0 Å². The zero-order valence-electron chi connectivity index (χ0n) is 16.2. The molecule has 0 fully saturated rings. The van der Waals surface area contributed by atoms with Crippen LogP contribution in [0.25, 0.3) is 0 Å². The fraction of sp³-hybridized carbons (Fsp3) is 0.0952. The van der Waals surface area contributed by atoms with Gasteiger partial charge in [0.15, 0.2) is 0 Å². The van der Waals surface area contributed by atoms with Gasteiger partial charge in [0.05, 0.1) is 30.5 Å². The van der Waals surface area contributed by atoms with Crippen LogP contribution in [-0.2, 0) is 10.0 Å². The lowest BCUT2D eigenvalue weighted by Gasteiger charge is -2.14. The third kappa shape index (κ3) is 5.03. The molecular weight excluding hydrogens is 428 g/mol. The molecule has 156 valence electrons. The van der Waals surface area contributed by atoms with E-state index < -0.39 is 15.9 Å². The number of carbonyl (C=O) groups excluding carboxylic acids is 1. The van der Waals surface area contributed by atoms with E-state index in [2.05, 4.69) is 10.0 Å². The van der Waals surface area contributed by atoms with E-state index in [-0.39, 0.29) is 10.6 Å². The van der Waals surface area contributed by atoms with Crippen molar-refractivity contribution < 1.29 is 22.7 Å². The lowest BCUT2D eigenvalue weighted by molar-refractivity contribution is 0.102. The number of nitrogens with one attached hydrogen (secondary N) is 2. The van der Waals surface area contributed by atoms with E-state index >= 15 is 0 Å². The van der Waals surface area contributed by atoms with Gasteiger partial charge in [0, 0.05) is 16.7 Å². The molecule has 0 radical (unpaired) electrons. The molecule has 0 atom stereocenters. The zero-order chi connectivity index (χ0) is 21.7. The summed E-state index contributed by atoms with van der Waals surface area (Å²) in [5.41, 5.74) is 0.923. The van der Waals surface area contributed by atoms with Crippen molar-refractivity contribution in [2.75, 3.05) is 24.3 Å². The highest BCUT2D eigenvalue weighted by Gasteiger charge is 2.18. The fourth-order valence-electron chi connectivity index (χ4n) is 2.65. The monoisotopic (exact) mass is 446 g/mol. The molecule has 3 aromatic rings. The normalized spacial score (nSPS) is 10.9. The van der Waals surface area contributed by atoms with Gasteiger partial charge in [-0.2, -0.15) is 0 Å². The number of benzene rings is 3. The van der Waals surface area contributed by atoms with E-state index in [1.54, 1.807) is 48.5 Å². The van der Waals surface area contributed by atoms with Gasteiger partial charge < -0.3 is 14.8 Å². The molecule has 3 aromatic carbocycles. The van der Waals surface area contributed by atoms with Crippen molar-refractivity contribution >= 4 is 38.9 Å². The molecule has 30 heavy (non-hydrogen) atoms. The maximum absolute atomic E-state index is 12.8. The molecule has 9 heteroatoms. The molecule has 0 saturated carbocycles. The van der Waals surface area contributed by atoms with Crippen LogP contribution in [0.1, 0.15) is 10.4 Å². The average molecular weight is 447 g/mol. The van der Waals surface area contributed by atoms with Crippen molar-refractivity contribution in [3.8, 4) is 11.5 Å². The van der Waals surface area contributed by atoms with Gasteiger partial charge in [-0.1, -0.05) is 17.7 Å². The van der Waals surface area contributed by atoms with Gasteiger partial charge in [-0.3, -0.25) is 9.52 Å². The second-order valence-corrected chi connectivity index (χ2v) is 8.28. The molecule has 7 nitrogen and oxygen atoms in total. The lowest BCUT2D eigenvalue weighted by Crippen LogP contribution is -2.15. The summed E-state index contributed by atoms with van der Waals surface area (Å²) in [4.78, 5) is 12.5. The van der Waals surface area contributed by atoms with Gasteiger partial charge >= 0.3 is 0 Å². The van der Waals surface area contributed by atoms with E-state index in [0.717, 1.165) is 0 Å². The zero-order valence-corrected chi connectivity index (χ0v) is 17.8. The number of sulfonamides is 1. The van der Waals surface area contributed by atoms with Crippen molar-refractivity contribution in [2.45, 2.75) is 4.90 Å². The maximum atomic E-state index is 12.8. The second kappa shape index (κ2) is 9.06. The van der Waals surface area contributed by atoms with Crippen molar-refractivity contribution in [1.29, 1.82) is 0 Å². The number of ether oxygens (including phenoxy) is 2. The van der Waals surface area contributed by atoms with Crippen LogP contribution in [0.4, 0.5) is 11.4 Å². The molecule has 0 unspecified atom stereocenters. The Bertz CT molecular complexity index is 1160. The third-order valence-electron chi connectivity index (χ3n) is 4.16. The molecule has 0 aliphatic rings. The van der Waals surface area contributed by atoms with Gasteiger partial charge in [0.25, 0.3) is 15.9 Å². The smallest absolute Gasteiger partial charge is 0.261 e. The molecule has 0 spiro atoms. The average Bonchev–Trinajstić information content (AvgIpc) is 2.74. The van der Waals surface area contributed by atoms with Gasteiger partial charge in [-0.25, -0.2) is 8.42 Å². The molecule has 0 heterocycles. The van der Waals surface area contributed by atoms with Crippen molar-refractivity contribution in [3.63, 3.8) is 0 Å². The van der Waals surface area contributed by atoms with Crippen molar-refractivity contribution in [2.24, 2.45) is 0 Å². The first-order valence-electron chi connectivity index (χ1n) is 8.74. The standard InChI is InChI=1S/C21H19ClN2O5S/c1-28-17-5-3-4-16(12-17)24-30(26,27)18-10-11-20(29-2)19(13-18)23-21(25)14-6-8-15(22)9-7-14/h3-13,24H,1-2H3,(H,23,25). The van der Waals surface area contributed by atoms with E-state index in [1.165, 1.54) is 32.4 Å². The number of hydrogen-bond donors (Lipinski definition) is 2. The summed E-state index contributed by atoms with van der Waals surface area (Å²) >= 11 is 5.85. The molecule has 0 aromatic heterocycles. The topological polar surface area (TPSA) is 93.7 Å². The minimum absolute atomic E-state index is 0.0440. The first kappa shape index (κ1) is 21.5. The highest BCUT2D eigenvalue weighted by molar-refractivity contribution is 7.92. The summed E-state index contributed by atoms with van der Waals surface area (Å²) < 4.78 is 38.5. The number of anilines is 2. The predicted molar refractivity (Wildman–Crippen MR) is 116 cm³/mol. The van der Waals surface area contributed by atoms with E-state index in [0.29, 0.717) is 27.8 Å². The van der Waals surface area contributed by atoms with Crippen LogP contribution in [0, 0.1) is 0 Å². The quantitative estimate of drug-likeness (QED) is 0.560. The number of hydrogen-bond acceptors (Lipinski definition) is 5. The Balaban J connectivity index is 1.89. The summed E-state index contributed by atoms with van der Waals surface area (Å²) in [5.74, 6) is 0.402. The van der Waals surface area contributed by atoms with Crippen molar-refractivity contribution in [3.05, 3.63) is 77.3 Å². The Morgan fingerprint density at radius 3 is 2.33 bits per heavy atom. The van der Waals surface area contributed by atoms with E-state index in [9.17, 15) is 13.2 Å². The summed E-state index contributed by atoms with van der Waals surface area (Å²) in [6.07, 6.45) is 0. The highest BCUT2D eigenvalue weighted by Crippen LogP contribution is 2.29. The minimum atomic E-state index is -3.92. The third-order valence-corrected chi connectivity index (χ3v) is 5.79. The number of halogens is 1. The molecule has 1 amide bonds. The van der Waals surface area contributed by atoms with Crippen LogP contribution in [0.2, 0.25) is 5.02 Å². The largest absolute Gasteiger partial charge is 0.497 e. The van der Waals surface area contributed by atoms with E-state index in [4.69, 9.17) is 21.1 Å². The van der Waals surface area contributed by atoms with E-state index in [1.807, 2.05) is 0 Å². The number of methoxy groups -OCH3 is 2. The Morgan fingerprint density at radius 1 is 0.933 bits per heavy atom. The Labute approximate surface area is 179 Å².